The number of nitrogens with one attached hydrogen (secondary N) is 1. The zero-order chi connectivity index (χ0) is 13.0. The second kappa shape index (κ2) is 6.07. The van der Waals surface area contributed by atoms with E-state index in [1.807, 2.05) is 25.1 Å². The highest BCUT2D eigenvalue weighted by molar-refractivity contribution is 7.14. The van der Waals surface area contributed by atoms with E-state index in [9.17, 15) is 0 Å². The molecule has 0 saturated heterocycles. The summed E-state index contributed by atoms with van der Waals surface area (Å²) in [7, 11) is 0. The normalized spacial score (nSPS) is 12.2. The van der Waals surface area contributed by atoms with E-state index in [0.717, 1.165) is 15.6 Å². The number of hydrogen-bond acceptors (Lipinski definition) is 4. The predicted molar refractivity (Wildman–Crippen MR) is 76.8 cm³/mol. The summed E-state index contributed by atoms with van der Waals surface area (Å²) >= 11 is 7.48. The van der Waals surface area contributed by atoms with Crippen LogP contribution in [0.25, 0.3) is 0 Å². The molecule has 2 aromatic heterocycles. The Morgan fingerprint density at radius 2 is 2.39 bits per heavy atom. The first kappa shape index (κ1) is 13.2. The van der Waals surface area contributed by atoms with Gasteiger partial charge in [-0.1, -0.05) is 11.6 Å². The molecule has 0 aliphatic heterocycles. The van der Waals surface area contributed by atoms with Crippen LogP contribution in [0.2, 0.25) is 4.34 Å². The van der Waals surface area contributed by atoms with Crippen LogP contribution in [-0.2, 0) is 0 Å². The van der Waals surface area contributed by atoms with Gasteiger partial charge in [-0.3, -0.25) is 0 Å². The van der Waals surface area contributed by atoms with E-state index in [4.69, 9.17) is 16.3 Å². The molecule has 2 aromatic rings. The van der Waals surface area contributed by atoms with Crippen molar-refractivity contribution >= 4 is 28.6 Å². The maximum absolute atomic E-state index is 5.94. The van der Waals surface area contributed by atoms with Crippen LogP contribution in [0.5, 0.6) is 5.88 Å². The van der Waals surface area contributed by atoms with E-state index in [-0.39, 0.29) is 6.04 Å². The van der Waals surface area contributed by atoms with Crippen LogP contribution in [-0.4, -0.2) is 11.6 Å². The SMILES string of the molecule is CCOc1ncccc1NC(C)c1csc(Cl)c1. The third kappa shape index (κ3) is 3.15. The van der Waals surface area contributed by atoms with Crippen LogP contribution in [0.15, 0.2) is 29.8 Å². The van der Waals surface area contributed by atoms with Crippen LogP contribution >= 0.6 is 22.9 Å². The summed E-state index contributed by atoms with van der Waals surface area (Å²) in [5.41, 5.74) is 2.06. The van der Waals surface area contributed by atoms with Crippen molar-refractivity contribution in [2.75, 3.05) is 11.9 Å². The zero-order valence-electron chi connectivity index (χ0n) is 10.3. The van der Waals surface area contributed by atoms with Crippen molar-refractivity contribution in [3.05, 3.63) is 39.7 Å². The van der Waals surface area contributed by atoms with Crippen LogP contribution in [0.3, 0.4) is 0 Å². The van der Waals surface area contributed by atoms with Crippen molar-refractivity contribution in [3.63, 3.8) is 0 Å². The summed E-state index contributed by atoms with van der Waals surface area (Å²) in [6.07, 6.45) is 1.72. The third-order valence-corrected chi connectivity index (χ3v) is 3.62. The summed E-state index contributed by atoms with van der Waals surface area (Å²) in [5.74, 6) is 0.633. The lowest BCUT2D eigenvalue weighted by Crippen LogP contribution is -2.08. The van der Waals surface area contributed by atoms with Gasteiger partial charge in [0.05, 0.1) is 16.6 Å². The van der Waals surface area contributed by atoms with Crippen molar-refractivity contribution in [3.8, 4) is 5.88 Å². The minimum Gasteiger partial charge on any atom is -0.476 e. The van der Waals surface area contributed by atoms with Gasteiger partial charge in [-0.15, -0.1) is 11.3 Å². The van der Waals surface area contributed by atoms with Gasteiger partial charge in [0.25, 0.3) is 0 Å². The molecule has 0 spiro atoms. The molecule has 0 bridgehead atoms. The lowest BCUT2D eigenvalue weighted by molar-refractivity contribution is 0.328. The fourth-order valence-electron chi connectivity index (χ4n) is 1.62. The first-order chi connectivity index (χ1) is 8.70. The van der Waals surface area contributed by atoms with Gasteiger partial charge in [0.1, 0.15) is 0 Å². The Hall–Kier alpha value is -1.26. The number of aromatic nitrogens is 1. The third-order valence-electron chi connectivity index (χ3n) is 2.51. The molecule has 18 heavy (non-hydrogen) atoms. The van der Waals surface area contributed by atoms with Gasteiger partial charge in [0.2, 0.25) is 5.88 Å². The zero-order valence-corrected chi connectivity index (χ0v) is 11.9. The molecule has 2 rings (SSSR count). The molecule has 1 atom stereocenters. The van der Waals surface area contributed by atoms with Crippen LogP contribution < -0.4 is 10.1 Å². The van der Waals surface area contributed by atoms with Gasteiger partial charge in [-0.2, -0.15) is 0 Å². The Bertz CT molecular complexity index is 515. The average molecular weight is 283 g/mol. The first-order valence-electron chi connectivity index (χ1n) is 5.79. The molecule has 96 valence electrons. The van der Waals surface area contributed by atoms with E-state index in [0.29, 0.717) is 12.5 Å². The fraction of sp³-hybridized carbons (Fsp3) is 0.308. The molecular formula is C13H15ClN2OS. The Balaban J connectivity index is 2.13. The molecule has 0 radical (unpaired) electrons. The minimum absolute atomic E-state index is 0.164. The standard InChI is InChI=1S/C13H15ClN2OS/c1-3-17-13-11(5-4-6-15-13)16-9(2)10-7-12(14)18-8-10/h4-9,16H,3H2,1-2H3. The molecule has 5 heteroatoms. The monoisotopic (exact) mass is 282 g/mol. The molecular weight excluding hydrogens is 268 g/mol. The molecule has 0 amide bonds. The molecule has 0 aliphatic rings. The number of pyridine rings is 1. The van der Waals surface area contributed by atoms with Gasteiger partial charge >= 0.3 is 0 Å². The van der Waals surface area contributed by atoms with Gasteiger partial charge in [0.15, 0.2) is 0 Å². The highest BCUT2D eigenvalue weighted by Crippen LogP contribution is 2.29. The van der Waals surface area contributed by atoms with Crippen molar-refractivity contribution in [2.24, 2.45) is 0 Å². The Labute approximate surface area is 116 Å². The van der Waals surface area contributed by atoms with E-state index < -0.39 is 0 Å². The summed E-state index contributed by atoms with van der Waals surface area (Å²) in [5, 5.41) is 5.44. The summed E-state index contributed by atoms with van der Waals surface area (Å²) in [4.78, 5) is 4.21. The van der Waals surface area contributed by atoms with Gasteiger partial charge in [0, 0.05) is 12.2 Å². The van der Waals surface area contributed by atoms with Crippen molar-refractivity contribution < 1.29 is 4.74 Å². The quantitative estimate of drug-likeness (QED) is 0.884. The second-order valence-electron chi connectivity index (χ2n) is 3.84. The highest BCUT2D eigenvalue weighted by atomic mass is 35.5. The van der Waals surface area contributed by atoms with Gasteiger partial charge in [-0.25, -0.2) is 4.98 Å². The molecule has 0 aromatic carbocycles. The van der Waals surface area contributed by atoms with Crippen LogP contribution in [0.4, 0.5) is 5.69 Å². The second-order valence-corrected chi connectivity index (χ2v) is 5.38. The number of anilines is 1. The Morgan fingerprint density at radius 3 is 3.06 bits per heavy atom. The van der Waals surface area contributed by atoms with Crippen molar-refractivity contribution in [1.29, 1.82) is 0 Å². The molecule has 2 heterocycles. The number of nitrogens with zero attached hydrogens (tertiary/aromatic N) is 1. The molecule has 1 unspecified atom stereocenters. The maximum atomic E-state index is 5.94. The predicted octanol–water partition coefficient (Wildman–Crippen LogP) is 4.37. The number of rotatable bonds is 5. The maximum Gasteiger partial charge on any atom is 0.237 e. The highest BCUT2D eigenvalue weighted by Gasteiger charge is 2.11. The molecule has 1 N–H and O–H groups in total. The van der Waals surface area contributed by atoms with Gasteiger partial charge in [-0.05, 0) is 43.0 Å². The first-order valence-corrected chi connectivity index (χ1v) is 7.04. The number of halogens is 1. The number of hydrogen-bond donors (Lipinski definition) is 1. The van der Waals surface area contributed by atoms with E-state index in [1.165, 1.54) is 11.3 Å². The summed E-state index contributed by atoms with van der Waals surface area (Å²) in [6.45, 7) is 4.63. The lowest BCUT2D eigenvalue weighted by atomic mass is 10.2. The Morgan fingerprint density at radius 1 is 1.56 bits per heavy atom. The average Bonchev–Trinajstić information content (AvgIpc) is 2.79. The largest absolute Gasteiger partial charge is 0.476 e. The molecule has 3 nitrogen and oxygen atoms in total. The van der Waals surface area contributed by atoms with E-state index >= 15 is 0 Å². The molecule has 0 saturated carbocycles. The number of thiophene rings is 1. The van der Waals surface area contributed by atoms with E-state index in [1.54, 1.807) is 6.20 Å². The number of ether oxygens (including phenoxy) is 1. The minimum atomic E-state index is 0.164. The summed E-state index contributed by atoms with van der Waals surface area (Å²) in [6, 6.07) is 5.98. The lowest BCUT2D eigenvalue weighted by Gasteiger charge is -2.16. The Kier molecular flexibility index (Phi) is 4.44. The van der Waals surface area contributed by atoms with Crippen molar-refractivity contribution in [1.82, 2.24) is 4.98 Å². The van der Waals surface area contributed by atoms with Crippen LogP contribution in [0.1, 0.15) is 25.5 Å². The smallest absolute Gasteiger partial charge is 0.237 e. The fourth-order valence-corrected chi connectivity index (χ4v) is 2.60. The molecule has 0 aliphatic carbocycles. The summed E-state index contributed by atoms with van der Waals surface area (Å²) < 4.78 is 6.28. The van der Waals surface area contributed by atoms with Gasteiger partial charge < -0.3 is 10.1 Å². The van der Waals surface area contributed by atoms with Crippen LogP contribution in [0, 0.1) is 0 Å². The van der Waals surface area contributed by atoms with Crippen molar-refractivity contribution in [2.45, 2.75) is 19.9 Å². The topological polar surface area (TPSA) is 34.1 Å². The van der Waals surface area contributed by atoms with E-state index in [2.05, 4.69) is 22.6 Å². The molecule has 0 fully saturated rings.